The van der Waals surface area contributed by atoms with Gasteiger partial charge >= 0.3 is 0 Å². The molecule has 2 N–H and O–H groups in total. The average Bonchev–Trinajstić information content (AvgIpc) is 2.86. The first kappa shape index (κ1) is 13.7. The Morgan fingerprint density at radius 1 is 0.952 bits per heavy atom. The predicted molar refractivity (Wildman–Crippen MR) is 85.0 cm³/mol. The molecule has 0 aliphatic rings. The number of aryl methyl sites for hydroxylation is 2. The summed E-state index contributed by atoms with van der Waals surface area (Å²) in [6, 6.07) is 12.1. The highest BCUT2D eigenvalue weighted by Gasteiger charge is 2.16. The maximum Gasteiger partial charge on any atom is 0.261 e. The van der Waals surface area contributed by atoms with Crippen molar-refractivity contribution in [2.24, 2.45) is 0 Å². The molecule has 0 spiro atoms. The van der Waals surface area contributed by atoms with Crippen LogP contribution in [0, 0.1) is 13.8 Å². The molecule has 0 aliphatic carbocycles. The Hall–Kier alpha value is -2.27. The number of hydrogen-bond acceptors (Lipinski definition) is 2. The molecule has 0 bridgehead atoms. The lowest BCUT2D eigenvalue weighted by Gasteiger charge is -2.10. The lowest BCUT2D eigenvalue weighted by Crippen LogP contribution is -2.13. The molecule has 0 fully saturated rings. The zero-order valence-corrected chi connectivity index (χ0v) is 12.7. The highest BCUT2D eigenvalue weighted by molar-refractivity contribution is 7.92. The van der Waals surface area contributed by atoms with Crippen molar-refractivity contribution < 1.29 is 8.42 Å². The van der Waals surface area contributed by atoms with Crippen LogP contribution in [0.2, 0.25) is 0 Å². The summed E-state index contributed by atoms with van der Waals surface area (Å²) < 4.78 is 27.5. The number of hydrogen-bond donors (Lipinski definition) is 2. The molecular weight excluding hydrogens is 284 g/mol. The second-order valence-corrected chi connectivity index (χ2v) is 6.75. The number of sulfonamides is 1. The number of fused-ring (bicyclic) bond motifs is 1. The van der Waals surface area contributed by atoms with E-state index >= 15 is 0 Å². The number of aromatic nitrogens is 1. The first-order valence-corrected chi connectivity index (χ1v) is 8.12. The third-order valence-electron chi connectivity index (χ3n) is 3.54. The van der Waals surface area contributed by atoms with E-state index in [4.69, 9.17) is 0 Å². The van der Waals surface area contributed by atoms with Crippen molar-refractivity contribution >= 4 is 26.6 Å². The summed E-state index contributed by atoms with van der Waals surface area (Å²) in [6.45, 7) is 4.01. The Morgan fingerprint density at radius 3 is 2.38 bits per heavy atom. The highest BCUT2D eigenvalue weighted by Crippen LogP contribution is 2.29. The lowest BCUT2D eigenvalue weighted by atomic mass is 10.1. The van der Waals surface area contributed by atoms with E-state index in [-0.39, 0.29) is 4.90 Å². The van der Waals surface area contributed by atoms with Crippen molar-refractivity contribution in [1.82, 2.24) is 4.98 Å². The SMILES string of the molecule is Cc1ccc(NS(=O)(=O)c2ccccc2)c2[nH]cc(C)c12. The van der Waals surface area contributed by atoms with Crippen molar-refractivity contribution in [1.29, 1.82) is 0 Å². The topological polar surface area (TPSA) is 62.0 Å². The highest BCUT2D eigenvalue weighted by atomic mass is 32.2. The van der Waals surface area contributed by atoms with Gasteiger partial charge in [-0.15, -0.1) is 0 Å². The van der Waals surface area contributed by atoms with Gasteiger partial charge in [0.05, 0.1) is 16.1 Å². The van der Waals surface area contributed by atoms with Crippen molar-refractivity contribution in [3.63, 3.8) is 0 Å². The minimum absolute atomic E-state index is 0.252. The fraction of sp³-hybridized carbons (Fsp3) is 0.125. The predicted octanol–water partition coefficient (Wildman–Crippen LogP) is 3.59. The van der Waals surface area contributed by atoms with Crippen LogP contribution in [0.4, 0.5) is 5.69 Å². The molecular formula is C16H16N2O2S. The minimum atomic E-state index is -3.58. The summed E-state index contributed by atoms with van der Waals surface area (Å²) >= 11 is 0. The van der Waals surface area contributed by atoms with E-state index in [1.165, 1.54) is 0 Å². The van der Waals surface area contributed by atoms with Crippen LogP contribution in [-0.4, -0.2) is 13.4 Å². The zero-order chi connectivity index (χ0) is 15.0. The summed E-state index contributed by atoms with van der Waals surface area (Å²) in [5.41, 5.74) is 3.59. The smallest absolute Gasteiger partial charge is 0.261 e. The molecule has 1 aromatic heterocycles. The first-order chi connectivity index (χ1) is 9.99. The molecule has 0 saturated heterocycles. The molecule has 108 valence electrons. The molecule has 0 amide bonds. The van der Waals surface area contributed by atoms with E-state index in [9.17, 15) is 8.42 Å². The molecule has 0 unspecified atom stereocenters. The Labute approximate surface area is 123 Å². The van der Waals surface area contributed by atoms with Gasteiger partial charge in [0.25, 0.3) is 10.0 Å². The van der Waals surface area contributed by atoms with Gasteiger partial charge in [0, 0.05) is 11.6 Å². The summed E-state index contributed by atoms with van der Waals surface area (Å²) in [5, 5.41) is 1.06. The average molecular weight is 300 g/mol. The van der Waals surface area contributed by atoms with Gasteiger partial charge in [0.15, 0.2) is 0 Å². The van der Waals surface area contributed by atoms with Gasteiger partial charge in [0.2, 0.25) is 0 Å². The van der Waals surface area contributed by atoms with Crippen LogP contribution in [0.25, 0.3) is 10.9 Å². The van der Waals surface area contributed by atoms with Crippen LogP contribution >= 0.6 is 0 Å². The second-order valence-electron chi connectivity index (χ2n) is 5.07. The molecule has 3 rings (SSSR count). The molecule has 21 heavy (non-hydrogen) atoms. The summed E-state index contributed by atoms with van der Waals surface area (Å²) in [5.74, 6) is 0. The molecule has 1 heterocycles. The third-order valence-corrected chi connectivity index (χ3v) is 4.92. The first-order valence-electron chi connectivity index (χ1n) is 6.64. The molecule has 0 saturated carbocycles. The van der Waals surface area contributed by atoms with Crippen LogP contribution in [0.1, 0.15) is 11.1 Å². The number of rotatable bonds is 3. The van der Waals surface area contributed by atoms with Crippen LogP contribution in [0.5, 0.6) is 0 Å². The third kappa shape index (κ3) is 2.40. The molecule has 2 aromatic carbocycles. The monoisotopic (exact) mass is 300 g/mol. The van der Waals surface area contributed by atoms with Crippen LogP contribution in [0.15, 0.2) is 53.6 Å². The standard InChI is InChI=1S/C16H16N2O2S/c1-11-8-9-14(16-15(11)12(2)10-17-16)18-21(19,20)13-6-4-3-5-7-13/h3-10,17-18H,1-2H3. The van der Waals surface area contributed by atoms with Gasteiger partial charge in [-0.05, 0) is 43.2 Å². The largest absolute Gasteiger partial charge is 0.359 e. The Bertz CT molecular complexity index is 897. The van der Waals surface area contributed by atoms with Crippen LogP contribution in [-0.2, 0) is 10.0 Å². The van der Waals surface area contributed by atoms with E-state index < -0.39 is 10.0 Å². The van der Waals surface area contributed by atoms with Gasteiger partial charge in [-0.2, -0.15) is 0 Å². The van der Waals surface area contributed by atoms with Crippen molar-refractivity contribution in [3.8, 4) is 0 Å². The van der Waals surface area contributed by atoms with Crippen molar-refractivity contribution in [3.05, 3.63) is 59.8 Å². The summed E-state index contributed by atoms with van der Waals surface area (Å²) in [7, 11) is -3.58. The summed E-state index contributed by atoms with van der Waals surface area (Å²) in [6.07, 6.45) is 1.89. The van der Waals surface area contributed by atoms with E-state index in [2.05, 4.69) is 9.71 Å². The number of nitrogens with one attached hydrogen (secondary N) is 2. The fourth-order valence-corrected chi connectivity index (χ4v) is 3.60. The lowest BCUT2D eigenvalue weighted by molar-refractivity contribution is 0.601. The molecule has 0 aliphatic heterocycles. The van der Waals surface area contributed by atoms with Gasteiger partial charge < -0.3 is 4.98 Å². The van der Waals surface area contributed by atoms with E-state index in [0.717, 1.165) is 22.0 Å². The zero-order valence-electron chi connectivity index (χ0n) is 11.8. The minimum Gasteiger partial charge on any atom is -0.359 e. The molecule has 4 nitrogen and oxygen atoms in total. The quantitative estimate of drug-likeness (QED) is 0.776. The van der Waals surface area contributed by atoms with Gasteiger partial charge in [0.1, 0.15) is 0 Å². The molecule has 0 atom stereocenters. The van der Waals surface area contributed by atoms with Gasteiger partial charge in [-0.3, -0.25) is 4.72 Å². The normalized spacial score (nSPS) is 11.7. The fourth-order valence-electron chi connectivity index (χ4n) is 2.51. The second kappa shape index (κ2) is 4.93. The van der Waals surface area contributed by atoms with E-state index in [1.54, 1.807) is 36.4 Å². The Balaban J connectivity index is 2.09. The number of H-pyrrole nitrogens is 1. The summed E-state index contributed by atoms with van der Waals surface area (Å²) in [4.78, 5) is 3.40. The Kier molecular flexibility index (Phi) is 3.22. The molecule has 5 heteroatoms. The maximum atomic E-state index is 12.4. The van der Waals surface area contributed by atoms with E-state index in [1.807, 2.05) is 26.1 Å². The Morgan fingerprint density at radius 2 is 1.67 bits per heavy atom. The number of aromatic amines is 1. The van der Waals surface area contributed by atoms with Crippen molar-refractivity contribution in [2.75, 3.05) is 4.72 Å². The van der Waals surface area contributed by atoms with Crippen molar-refractivity contribution in [2.45, 2.75) is 18.7 Å². The number of benzene rings is 2. The number of anilines is 1. The maximum absolute atomic E-state index is 12.4. The van der Waals surface area contributed by atoms with Gasteiger partial charge in [-0.1, -0.05) is 24.3 Å². The van der Waals surface area contributed by atoms with Gasteiger partial charge in [-0.25, -0.2) is 8.42 Å². The van der Waals surface area contributed by atoms with Crippen LogP contribution < -0.4 is 4.72 Å². The van der Waals surface area contributed by atoms with Crippen LogP contribution in [0.3, 0.4) is 0 Å². The van der Waals surface area contributed by atoms with E-state index in [0.29, 0.717) is 5.69 Å². The molecule has 3 aromatic rings. The molecule has 0 radical (unpaired) electrons.